The summed E-state index contributed by atoms with van der Waals surface area (Å²) in [6.45, 7) is 1.67. The Morgan fingerprint density at radius 1 is 0.938 bits per heavy atom. The third-order valence-corrected chi connectivity index (χ3v) is 6.56. The van der Waals surface area contributed by atoms with Crippen LogP contribution in [0.3, 0.4) is 0 Å². The van der Waals surface area contributed by atoms with E-state index in [1.807, 2.05) is 18.2 Å². The molecule has 1 N–H and O–H groups in total. The molecule has 0 spiro atoms. The van der Waals surface area contributed by atoms with E-state index >= 15 is 0 Å². The number of nitrogens with zero attached hydrogens (tertiary/aromatic N) is 3. The van der Waals surface area contributed by atoms with Crippen LogP contribution in [0, 0.1) is 56.2 Å². The van der Waals surface area contributed by atoms with Gasteiger partial charge in [-0.05, 0) is 17.7 Å². The molecular weight excluding hydrogens is 408 g/mol. The zero-order valence-electron chi connectivity index (χ0n) is 17.7. The van der Waals surface area contributed by atoms with Gasteiger partial charge in [-0.15, -0.1) is 0 Å². The molecule has 8 nitrogen and oxygen atoms in total. The molecule has 4 rings (SSSR count). The van der Waals surface area contributed by atoms with E-state index in [0.29, 0.717) is 22.6 Å². The van der Waals surface area contributed by atoms with Gasteiger partial charge >= 0.3 is 0 Å². The number of rotatable bonds is 4. The van der Waals surface area contributed by atoms with Crippen molar-refractivity contribution in [2.45, 2.75) is 18.8 Å². The molecule has 0 radical (unpaired) electrons. The van der Waals surface area contributed by atoms with E-state index in [2.05, 4.69) is 6.07 Å². The number of hydrogen-bond acceptors (Lipinski definition) is 8. The Hall–Kier alpha value is -4.06. The largest absolute Gasteiger partial charge is 0.493 e. The van der Waals surface area contributed by atoms with E-state index < -0.39 is 34.5 Å². The monoisotopic (exact) mass is 428 g/mol. The number of benzene rings is 2. The predicted molar refractivity (Wildman–Crippen MR) is 111 cm³/mol. The van der Waals surface area contributed by atoms with Crippen molar-refractivity contribution in [1.29, 1.82) is 21.2 Å². The van der Waals surface area contributed by atoms with Crippen molar-refractivity contribution >= 4 is 5.90 Å². The summed E-state index contributed by atoms with van der Waals surface area (Å²) in [6.07, 6.45) is -1.21. The molecular formula is C24H20N4O4. The summed E-state index contributed by atoms with van der Waals surface area (Å²) in [6, 6.07) is 20.0. The van der Waals surface area contributed by atoms with E-state index in [0.717, 1.165) is 0 Å². The molecule has 2 fully saturated rings. The minimum Gasteiger partial charge on any atom is -0.493 e. The third kappa shape index (κ3) is 2.35. The molecule has 0 aromatic heterocycles. The number of hydrogen-bond donors (Lipinski definition) is 1. The van der Waals surface area contributed by atoms with Crippen LogP contribution < -0.4 is 9.47 Å². The van der Waals surface area contributed by atoms with Gasteiger partial charge in [-0.1, -0.05) is 43.3 Å². The highest BCUT2D eigenvalue weighted by Crippen LogP contribution is 2.69. The van der Waals surface area contributed by atoms with Crippen LogP contribution >= 0.6 is 0 Å². The second kappa shape index (κ2) is 7.27. The van der Waals surface area contributed by atoms with Gasteiger partial charge in [0.1, 0.15) is 6.10 Å². The number of fused-ring (bicyclic) bond motifs is 2. The number of nitrogens with one attached hydrogen (secondary N) is 1. The number of methoxy groups -OCH3 is 2. The van der Waals surface area contributed by atoms with Gasteiger partial charge in [-0.3, -0.25) is 5.41 Å². The van der Waals surface area contributed by atoms with Crippen LogP contribution in [0.25, 0.3) is 0 Å². The molecule has 2 aromatic rings. The molecule has 2 aliphatic rings. The standard InChI is InChI=1S/C24H20N4O4/c1-15-23(14-27)21(28)32-24(15,17-7-5-4-6-8-17)31-20(22(23,12-25)13-26)16-9-10-18(29-2)19(11-16)30-3/h4-11,15,20,28H,1-3H3. The summed E-state index contributed by atoms with van der Waals surface area (Å²) in [5.74, 6) is -1.96. The first-order valence-electron chi connectivity index (χ1n) is 9.87. The van der Waals surface area contributed by atoms with Gasteiger partial charge in [0.2, 0.25) is 17.1 Å². The van der Waals surface area contributed by atoms with Crippen molar-refractivity contribution in [2.75, 3.05) is 14.2 Å². The van der Waals surface area contributed by atoms with Gasteiger partial charge in [0.25, 0.3) is 0 Å². The van der Waals surface area contributed by atoms with Crippen LogP contribution in [0.1, 0.15) is 24.2 Å². The van der Waals surface area contributed by atoms with Gasteiger partial charge in [0.05, 0.1) is 38.3 Å². The lowest BCUT2D eigenvalue weighted by Gasteiger charge is -2.48. The van der Waals surface area contributed by atoms with Crippen molar-refractivity contribution in [1.82, 2.24) is 0 Å². The Labute approximate surface area is 185 Å². The van der Waals surface area contributed by atoms with Crippen molar-refractivity contribution in [3.8, 4) is 29.7 Å². The number of ether oxygens (including phenoxy) is 4. The first-order valence-corrected chi connectivity index (χ1v) is 9.87. The molecule has 32 heavy (non-hydrogen) atoms. The lowest BCUT2D eigenvalue weighted by molar-refractivity contribution is -0.288. The van der Waals surface area contributed by atoms with Gasteiger partial charge < -0.3 is 18.9 Å². The highest BCUT2D eigenvalue weighted by atomic mass is 16.7. The lowest BCUT2D eigenvalue weighted by Crippen LogP contribution is -2.57. The SMILES string of the molecule is COc1ccc(C2OC3(c4ccccc4)OC(=N)C(C#N)(C3C)C2(C#N)C#N)cc1OC. The molecule has 4 atom stereocenters. The minimum absolute atomic E-state index is 0.375. The minimum atomic E-state index is -2.05. The van der Waals surface area contributed by atoms with Gasteiger partial charge in [-0.25, -0.2) is 0 Å². The molecule has 2 bridgehead atoms. The summed E-state index contributed by atoms with van der Waals surface area (Å²) in [4.78, 5) is 0. The maximum atomic E-state index is 10.3. The van der Waals surface area contributed by atoms with Crippen LogP contribution in [0.15, 0.2) is 48.5 Å². The Bertz CT molecular complexity index is 1200. The molecule has 2 aromatic carbocycles. The first kappa shape index (κ1) is 21.2. The van der Waals surface area contributed by atoms with Crippen LogP contribution in [0.5, 0.6) is 11.5 Å². The van der Waals surface area contributed by atoms with Gasteiger partial charge in [0, 0.05) is 5.56 Å². The molecule has 2 heterocycles. The second-order valence-electron chi connectivity index (χ2n) is 7.75. The summed E-state index contributed by atoms with van der Waals surface area (Å²) in [5, 5.41) is 39.5. The third-order valence-electron chi connectivity index (χ3n) is 6.56. The summed E-state index contributed by atoms with van der Waals surface area (Å²) >= 11 is 0. The van der Waals surface area contributed by atoms with Crippen LogP contribution in [-0.2, 0) is 15.3 Å². The quantitative estimate of drug-likeness (QED) is 0.783. The van der Waals surface area contributed by atoms with E-state index in [-0.39, 0.29) is 0 Å². The summed E-state index contributed by atoms with van der Waals surface area (Å²) in [5.41, 5.74) is -2.89. The molecule has 2 saturated heterocycles. The average Bonchev–Trinajstić information content (AvgIpc) is 3.00. The Morgan fingerprint density at radius 2 is 1.59 bits per heavy atom. The Morgan fingerprint density at radius 3 is 2.16 bits per heavy atom. The zero-order valence-corrected chi connectivity index (χ0v) is 17.7. The van der Waals surface area contributed by atoms with Crippen molar-refractivity contribution in [3.05, 3.63) is 59.7 Å². The fourth-order valence-electron chi connectivity index (χ4n) is 4.85. The molecule has 0 saturated carbocycles. The Kier molecular flexibility index (Phi) is 4.81. The highest BCUT2D eigenvalue weighted by Gasteiger charge is 2.79. The smallest absolute Gasteiger partial charge is 0.244 e. The van der Waals surface area contributed by atoms with Crippen LogP contribution in [-0.4, -0.2) is 20.1 Å². The van der Waals surface area contributed by atoms with E-state index in [9.17, 15) is 15.8 Å². The fourth-order valence-corrected chi connectivity index (χ4v) is 4.85. The molecule has 4 unspecified atom stereocenters. The van der Waals surface area contributed by atoms with E-state index in [1.165, 1.54) is 14.2 Å². The number of nitriles is 3. The lowest BCUT2D eigenvalue weighted by atomic mass is 9.53. The maximum absolute atomic E-state index is 10.3. The average molecular weight is 428 g/mol. The van der Waals surface area contributed by atoms with Gasteiger partial charge in [-0.2, -0.15) is 15.8 Å². The van der Waals surface area contributed by atoms with Crippen molar-refractivity contribution in [2.24, 2.45) is 16.7 Å². The topological polar surface area (TPSA) is 132 Å². The highest BCUT2D eigenvalue weighted by molar-refractivity contribution is 5.89. The predicted octanol–water partition coefficient (Wildman–Crippen LogP) is 3.82. The Balaban J connectivity index is 2.03. The van der Waals surface area contributed by atoms with E-state index in [4.69, 9.17) is 24.4 Å². The second-order valence-corrected chi connectivity index (χ2v) is 7.75. The van der Waals surface area contributed by atoms with Crippen molar-refractivity contribution < 1.29 is 18.9 Å². The first-order chi connectivity index (χ1) is 15.4. The zero-order chi connectivity index (χ0) is 23.1. The molecule has 8 heteroatoms. The molecule has 0 amide bonds. The van der Waals surface area contributed by atoms with Crippen LogP contribution in [0.4, 0.5) is 0 Å². The van der Waals surface area contributed by atoms with Gasteiger partial charge in [0.15, 0.2) is 16.9 Å². The summed E-state index contributed by atoms with van der Waals surface area (Å²) < 4.78 is 23.1. The van der Waals surface area contributed by atoms with Crippen LogP contribution in [0.2, 0.25) is 0 Å². The molecule has 160 valence electrons. The van der Waals surface area contributed by atoms with E-state index in [1.54, 1.807) is 49.4 Å². The fraction of sp³-hybridized carbons (Fsp3) is 0.333. The molecule has 0 aliphatic carbocycles. The normalized spacial score (nSPS) is 29.7. The van der Waals surface area contributed by atoms with Crippen molar-refractivity contribution in [3.63, 3.8) is 0 Å². The summed E-state index contributed by atoms with van der Waals surface area (Å²) in [7, 11) is 2.97. The maximum Gasteiger partial charge on any atom is 0.244 e. The molecule has 2 aliphatic heterocycles.